The highest BCUT2D eigenvalue weighted by Crippen LogP contribution is 2.40. The second kappa shape index (κ2) is 7.00. The lowest BCUT2D eigenvalue weighted by Crippen LogP contribution is -2.11. The molecule has 3 heterocycles. The van der Waals surface area contributed by atoms with E-state index in [-0.39, 0.29) is 5.91 Å². The zero-order valence-corrected chi connectivity index (χ0v) is 18.1. The molecule has 0 unspecified atom stereocenters. The molecule has 3 aromatic heterocycles. The number of aromatic nitrogens is 3. The minimum Gasteiger partial charge on any atom is -0.297 e. The Morgan fingerprint density at radius 3 is 2.48 bits per heavy atom. The van der Waals surface area contributed by atoms with Gasteiger partial charge < -0.3 is 0 Å². The summed E-state index contributed by atoms with van der Waals surface area (Å²) in [5.41, 5.74) is 3.93. The summed E-state index contributed by atoms with van der Waals surface area (Å²) in [4.78, 5) is 29.7. The molecule has 1 amide bonds. The maximum Gasteiger partial charge on any atom is 0.267 e. The van der Waals surface area contributed by atoms with Gasteiger partial charge >= 0.3 is 0 Å². The number of nitrogens with one attached hydrogen (secondary N) is 1. The summed E-state index contributed by atoms with van der Waals surface area (Å²) in [7, 11) is 0. The maximum atomic E-state index is 13.0. The fourth-order valence-electron chi connectivity index (χ4n) is 3.56. The van der Waals surface area contributed by atoms with Gasteiger partial charge in [0.1, 0.15) is 10.7 Å². The number of rotatable bonds is 4. The first-order valence-corrected chi connectivity index (χ1v) is 11.3. The number of amides is 1. The van der Waals surface area contributed by atoms with E-state index in [4.69, 9.17) is 4.98 Å². The molecule has 5 rings (SSSR count). The van der Waals surface area contributed by atoms with Crippen molar-refractivity contribution < 1.29 is 4.79 Å². The monoisotopic (exact) mass is 420 g/mol. The van der Waals surface area contributed by atoms with Gasteiger partial charge in [-0.25, -0.2) is 15.0 Å². The Morgan fingerprint density at radius 1 is 1.00 bits per heavy atom. The van der Waals surface area contributed by atoms with Crippen LogP contribution in [0.2, 0.25) is 0 Å². The zero-order valence-electron chi connectivity index (χ0n) is 16.4. The van der Waals surface area contributed by atoms with Gasteiger partial charge in [0, 0.05) is 11.3 Å². The molecule has 0 atom stereocenters. The third-order valence-electron chi connectivity index (χ3n) is 5.19. The minimum atomic E-state index is -0.133. The van der Waals surface area contributed by atoms with Crippen LogP contribution in [0.4, 0.5) is 5.13 Å². The number of carbonyl (C=O) groups excluding carboxylic acids is 1. The molecule has 1 aromatic carbocycles. The van der Waals surface area contributed by atoms with Crippen LogP contribution in [0.1, 0.15) is 51.2 Å². The van der Waals surface area contributed by atoms with Gasteiger partial charge in [0.05, 0.1) is 21.1 Å². The van der Waals surface area contributed by atoms with E-state index in [1.165, 1.54) is 22.7 Å². The summed E-state index contributed by atoms with van der Waals surface area (Å²) in [6.07, 6.45) is 2.32. The summed E-state index contributed by atoms with van der Waals surface area (Å²) in [5, 5.41) is 4.61. The van der Waals surface area contributed by atoms with Crippen molar-refractivity contribution in [3.8, 4) is 10.4 Å². The standard InChI is InChI=1S/C22H20N4OS2/c1-11-16-12(2)23-19(15-9-10-15)25-21(16)28-17(11)20(27)26-22-24-13(3)18(29-22)14-7-5-4-6-8-14/h4-8,15H,9-10H2,1-3H3,(H,24,26,27). The second-order valence-corrected chi connectivity index (χ2v) is 9.43. The zero-order chi connectivity index (χ0) is 20.1. The quantitative estimate of drug-likeness (QED) is 0.448. The van der Waals surface area contributed by atoms with Crippen molar-refractivity contribution in [3.63, 3.8) is 0 Å². The van der Waals surface area contributed by atoms with Crippen LogP contribution in [0.25, 0.3) is 20.7 Å². The number of aryl methyl sites for hydroxylation is 3. The molecule has 1 fully saturated rings. The number of anilines is 1. The van der Waals surface area contributed by atoms with E-state index in [0.29, 0.717) is 15.9 Å². The molecule has 0 aliphatic heterocycles. The number of fused-ring (bicyclic) bond motifs is 1. The predicted molar refractivity (Wildman–Crippen MR) is 119 cm³/mol. The lowest BCUT2D eigenvalue weighted by molar-refractivity contribution is 0.103. The predicted octanol–water partition coefficient (Wildman–Crippen LogP) is 5.87. The Kier molecular flexibility index (Phi) is 4.44. The van der Waals surface area contributed by atoms with Crippen LogP contribution in [-0.4, -0.2) is 20.9 Å². The largest absolute Gasteiger partial charge is 0.297 e. The van der Waals surface area contributed by atoms with E-state index in [1.54, 1.807) is 0 Å². The molecule has 7 heteroatoms. The fraction of sp³-hybridized carbons (Fsp3) is 0.273. The lowest BCUT2D eigenvalue weighted by Gasteiger charge is -2.02. The smallest absolute Gasteiger partial charge is 0.267 e. The molecule has 0 spiro atoms. The first kappa shape index (κ1) is 18.4. The van der Waals surface area contributed by atoms with Crippen LogP contribution in [0.5, 0.6) is 0 Å². The maximum absolute atomic E-state index is 13.0. The van der Waals surface area contributed by atoms with E-state index in [0.717, 1.165) is 56.3 Å². The van der Waals surface area contributed by atoms with Crippen molar-refractivity contribution in [3.05, 3.63) is 58.0 Å². The topological polar surface area (TPSA) is 67.8 Å². The van der Waals surface area contributed by atoms with Crippen LogP contribution in [0.15, 0.2) is 30.3 Å². The van der Waals surface area contributed by atoms with Crippen LogP contribution in [0, 0.1) is 20.8 Å². The second-order valence-electron chi connectivity index (χ2n) is 7.43. The minimum absolute atomic E-state index is 0.133. The van der Waals surface area contributed by atoms with Gasteiger partial charge in [-0.1, -0.05) is 41.7 Å². The average molecular weight is 421 g/mol. The number of benzene rings is 1. The lowest BCUT2D eigenvalue weighted by atomic mass is 10.1. The van der Waals surface area contributed by atoms with Gasteiger partial charge in [0.25, 0.3) is 5.91 Å². The van der Waals surface area contributed by atoms with Gasteiger partial charge in [-0.15, -0.1) is 11.3 Å². The van der Waals surface area contributed by atoms with Crippen molar-refractivity contribution in [2.24, 2.45) is 0 Å². The van der Waals surface area contributed by atoms with E-state index in [9.17, 15) is 4.79 Å². The molecule has 146 valence electrons. The SMILES string of the molecule is Cc1nc(NC(=O)c2sc3nc(C4CC4)nc(C)c3c2C)sc1-c1ccccc1. The highest BCUT2D eigenvalue weighted by atomic mass is 32.1. The number of nitrogens with zero attached hydrogens (tertiary/aromatic N) is 3. The van der Waals surface area contributed by atoms with Crippen LogP contribution < -0.4 is 5.32 Å². The summed E-state index contributed by atoms with van der Waals surface area (Å²) in [6.45, 7) is 5.95. The molecule has 1 N–H and O–H groups in total. The normalized spacial score (nSPS) is 13.8. The fourth-order valence-corrected chi connectivity index (χ4v) is 5.66. The molecule has 0 radical (unpaired) electrons. The summed E-state index contributed by atoms with van der Waals surface area (Å²) < 4.78 is 0. The molecule has 1 aliphatic carbocycles. The third kappa shape index (κ3) is 3.34. The van der Waals surface area contributed by atoms with E-state index in [2.05, 4.69) is 27.4 Å². The van der Waals surface area contributed by atoms with Crippen molar-refractivity contribution in [2.45, 2.75) is 39.5 Å². The third-order valence-corrected chi connectivity index (χ3v) is 7.50. The van der Waals surface area contributed by atoms with E-state index >= 15 is 0 Å². The Morgan fingerprint density at radius 2 is 1.76 bits per heavy atom. The summed E-state index contributed by atoms with van der Waals surface area (Å²) in [5.74, 6) is 1.28. The molecule has 5 nitrogen and oxygen atoms in total. The Balaban J connectivity index is 1.46. The van der Waals surface area contributed by atoms with Crippen LogP contribution in [-0.2, 0) is 0 Å². The Bertz CT molecular complexity index is 1240. The van der Waals surface area contributed by atoms with Crippen molar-refractivity contribution in [2.75, 3.05) is 5.32 Å². The summed E-state index contributed by atoms with van der Waals surface area (Å²) >= 11 is 2.95. The number of thiazole rings is 1. The Hall–Kier alpha value is -2.64. The highest BCUT2D eigenvalue weighted by molar-refractivity contribution is 7.21. The number of hydrogen-bond donors (Lipinski definition) is 1. The van der Waals surface area contributed by atoms with Gasteiger partial charge in [-0.3, -0.25) is 10.1 Å². The highest BCUT2D eigenvalue weighted by Gasteiger charge is 2.28. The molecular weight excluding hydrogens is 400 g/mol. The Labute approximate surface area is 176 Å². The van der Waals surface area contributed by atoms with Gasteiger partial charge in [-0.05, 0) is 44.7 Å². The first-order chi connectivity index (χ1) is 14.0. The van der Waals surface area contributed by atoms with Gasteiger partial charge in [-0.2, -0.15) is 0 Å². The molecule has 1 saturated carbocycles. The number of carbonyl (C=O) groups is 1. The van der Waals surface area contributed by atoms with Gasteiger partial charge in [0.2, 0.25) is 0 Å². The molecule has 0 bridgehead atoms. The van der Waals surface area contributed by atoms with Gasteiger partial charge in [0.15, 0.2) is 5.13 Å². The average Bonchev–Trinajstić information content (AvgIpc) is 3.41. The van der Waals surface area contributed by atoms with Crippen LogP contribution >= 0.6 is 22.7 Å². The number of thiophene rings is 1. The molecule has 1 aliphatic rings. The van der Waals surface area contributed by atoms with E-state index in [1.807, 2.05) is 39.0 Å². The van der Waals surface area contributed by atoms with Crippen molar-refractivity contribution in [1.82, 2.24) is 15.0 Å². The van der Waals surface area contributed by atoms with Crippen LogP contribution in [0.3, 0.4) is 0 Å². The van der Waals surface area contributed by atoms with Crippen molar-refractivity contribution >= 4 is 43.9 Å². The molecular formula is C22H20N4OS2. The van der Waals surface area contributed by atoms with Crippen molar-refractivity contribution in [1.29, 1.82) is 0 Å². The first-order valence-electron chi connectivity index (χ1n) is 9.63. The molecule has 29 heavy (non-hydrogen) atoms. The van der Waals surface area contributed by atoms with E-state index < -0.39 is 0 Å². The molecule has 0 saturated heterocycles. The number of hydrogen-bond acceptors (Lipinski definition) is 6. The molecule has 4 aromatic rings. The summed E-state index contributed by atoms with van der Waals surface area (Å²) in [6, 6.07) is 10.1.